The SMILES string of the molecule is COc1ccc(CNC(=O)CN(c2cccc(C)c2C)S(=O)(=O)c2ccc(C)cc2)cc1OC. The lowest BCUT2D eigenvalue weighted by molar-refractivity contribution is -0.119. The fraction of sp³-hybridized carbons (Fsp3) is 0.269. The van der Waals surface area contributed by atoms with E-state index in [0.717, 1.165) is 22.3 Å². The van der Waals surface area contributed by atoms with Crippen molar-refractivity contribution in [2.24, 2.45) is 0 Å². The number of amides is 1. The van der Waals surface area contributed by atoms with Gasteiger partial charge in [-0.1, -0.05) is 35.9 Å². The zero-order valence-electron chi connectivity index (χ0n) is 20.1. The van der Waals surface area contributed by atoms with E-state index in [1.807, 2.05) is 32.9 Å². The van der Waals surface area contributed by atoms with Crippen LogP contribution in [0.3, 0.4) is 0 Å². The highest BCUT2D eigenvalue weighted by molar-refractivity contribution is 7.92. The van der Waals surface area contributed by atoms with Gasteiger partial charge in [0.2, 0.25) is 5.91 Å². The van der Waals surface area contributed by atoms with Gasteiger partial charge in [0, 0.05) is 6.54 Å². The van der Waals surface area contributed by atoms with Crippen LogP contribution in [0.5, 0.6) is 11.5 Å². The van der Waals surface area contributed by atoms with Gasteiger partial charge in [-0.3, -0.25) is 9.10 Å². The molecule has 0 atom stereocenters. The molecule has 0 spiro atoms. The van der Waals surface area contributed by atoms with Crippen molar-refractivity contribution >= 4 is 21.6 Å². The van der Waals surface area contributed by atoms with E-state index in [2.05, 4.69) is 5.32 Å². The molecule has 0 aliphatic carbocycles. The van der Waals surface area contributed by atoms with Crippen molar-refractivity contribution < 1.29 is 22.7 Å². The number of nitrogens with zero attached hydrogens (tertiary/aromatic N) is 1. The highest BCUT2D eigenvalue weighted by Gasteiger charge is 2.28. The van der Waals surface area contributed by atoms with Crippen molar-refractivity contribution in [2.45, 2.75) is 32.2 Å². The van der Waals surface area contributed by atoms with Gasteiger partial charge in [0.1, 0.15) is 6.54 Å². The van der Waals surface area contributed by atoms with Gasteiger partial charge >= 0.3 is 0 Å². The first-order chi connectivity index (χ1) is 16.2. The van der Waals surface area contributed by atoms with Gasteiger partial charge < -0.3 is 14.8 Å². The number of hydrogen-bond donors (Lipinski definition) is 1. The fourth-order valence-corrected chi connectivity index (χ4v) is 5.00. The van der Waals surface area contributed by atoms with Crippen molar-refractivity contribution in [3.8, 4) is 11.5 Å². The number of carbonyl (C=O) groups excluding carboxylic acids is 1. The number of hydrogen-bond acceptors (Lipinski definition) is 5. The van der Waals surface area contributed by atoms with Crippen molar-refractivity contribution in [1.82, 2.24) is 5.32 Å². The summed E-state index contributed by atoms with van der Waals surface area (Å²) in [6.45, 7) is 5.51. The van der Waals surface area contributed by atoms with Gasteiger partial charge in [0.15, 0.2) is 11.5 Å². The minimum absolute atomic E-state index is 0.131. The van der Waals surface area contributed by atoms with E-state index in [1.165, 1.54) is 11.4 Å². The molecule has 1 N–H and O–H groups in total. The van der Waals surface area contributed by atoms with E-state index >= 15 is 0 Å². The Hall–Kier alpha value is -3.52. The number of ether oxygens (including phenoxy) is 2. The van der Waals surface area contributed by atoms with Gasteiger partial charge in [-0.25, -0.2) is 8.42 Å². The maximum atomic E-state index is 13.6. The normalized spacial score (nSPS) is 11.1. The molecule has 0 heterocycles. The number of anilines is 1. The Bertz CT molecular complexity index is 1270. The summed E-state index contributed by atoms with van der Waals surface area (Å²) in [5, 5.41) is 2.81. The number of rotatable bonds is 9. The quantitative estimate of drug-likeness (QED) is 0.496. The number of carbonyl (C=O) groups is 1. The molecule has 0 aromatic heterocycles. The molecule has 0 fully saturated rings. The summed E-state index contributed by atoms with van der Waals surface area (Å²) in [5.41, 5.74) is 3.95. The van der Waals surface area contributed by atoms with Crippen LogP contribution in [0.4, 0.5) is 5.69 Å². The number of methoxy groups -OCH3 is 2. The molecule has 3 rings (SSSR count). The maximum absolute atomic E-state index is 13.6. The molecule has 7 nitrogen and oxygen atoms in total. The van der Waals surface area contributed by atoms with E-state index in [9.17, 15) is 13.2 Å². The first kappa shape index (κ1) is 25.1. The third kappa shape index (κ3) is 5.51. The van der Waals surface area contributed by atoms with Crippen LogP contribution in [0.25, 0.3) is 0 Å². The molecule has 0 radical (unpaired) electrons. The summed E-state index contributed by atoms with van der Waals surface area (Å²) in [6, 6.07) is 17.4. The van der Waals surface area contributed by atoms with Gasteiger partial charge in [-0.2, -0.15) is 0 Å². The van der Waals surface area contributed by atoms with E-state index < -0.39 is 15.9 Å². The molecule has 3 aromatic rings. The highest BCUT2D eigenvalue weighted by Crippen LogP contribution is 2.29. The highest BCUT2D eigenvalue weighted by atomic mass is 32.2. The Morgan fingerprint density at radius 1 is 0.912 bits per heavy atom. The largest absolute Gasteiger partial charge is 0.493 e. The van der Waals surface area contributed by atoms with Crippen LogP contribution in [0.1, 0.15) is 22.3 Å². The molecule has 1 amide bonds. The average molecular weight is 483 g/mol. The zero-order chi connectivity index (χ0) is 24.9. The second-order valence-electron chi connectivity index (χ2n) is 8.01. The van der Waals surface area contributed by atoms with E-state index in [-0.39, 0.29) is 18.0 Å². The summed E-state index contributed by atoms with van der Waals surface area (Å²) in [6.07, 6.45) is 0. The first-order valence-corrected chi connectivity index (χ1v) is 12.2. The minimum Gasteiger partial charge on any atom is -0.493 e. The lowest BCUT2D eigenvalue weighted by atomic mass is 10.1. The zero-order valence-corrected chi connectivity index (χ0v) is 20.9. The fourth-order valence-electron chi connectivity index (χ4n) is 3.52. The molecule has 8 heteroatoms. The monoisotopic (exact) mass is 482 g/mol. The Morgan fingerprint density at radius 2 is 1.59 bits per heavy atom. The third-order valence-electron chi connectivity index (χ3n) is 5.68. The number of aryl methyl sites for hydroxylation is 2. The summed E-state index contributed by atoms with van der Waals surface area (Å²) in [4.78, 5) is 13.1. The van der Waals surface area contributed by atoms with E-state index in [1.54, 1.807) is 55.6 Å². The predicted octanol–water partition coefficient (Wildman–Crippen LogP) is 4.14. The maximum Gasteiger partial charge on any atom is 0.264 e. The van der Waals surface area contributed by atoms with Crippen LogP contribution in [-0.4, -0.2) is 35.1 Å². The minimum atomic E-state index is -3.97. The van der Waals surface area contributed by atoms with Crippen LogP contribution >= 0.6 is 0 Å². The van der Waals surface area contributed by atoms with Crippen LogP contribution < -0.4 is 19.1 Å². The molecular weight excluding hydrogens is 452 g/mol. The number of benzene rings is 3. The molecule has 34 heavy (non-hydrogen) atoms. The predicted molar refractivity (Wildman–Crippen MR) is 133 cm³/mol. The lowest BCUT2D eigenvalue weighted by Gasteiger charge is -2.26. The topological polar surface area (TPSA) is 84.9 Å². The molecule has 0 aliphatic rings. The Balaban J connectivity index is 1.88. The van der Waals surface area contributed by atoms with Crippen LogP contribution in [0.2, 0.25) is 0 Å². The third-order valence-corrected chi connectivity index (χ3v) is 7.45. The van der Waals surface area contributed by atoms with Crippen molar-refractivity contribution in [1.29, 1.82) is 0 Å². The first-order valence-electron chi connectivity index (χ1n) is 10.8. The average Bonchev–Trinajstić information content (AvgIpc) is 2.83. The lowest BCUT2D eigenvalue weighted by Crippen LogP contribution is -2.41. The molecule has 0 saturated heterocycles. The molecule has 0 saturated carbocycles. The van der Waals surface area contributed by atoms with Gasteiger partial charge in [-0.15, -0.1) is 0 Å². The second-order valence-corrected chi connectivity index (χ2v) is 9.87. The smallest absolute Gasteiger partial charge is 0.264 e. The van der Waals surface area contributed by atoms with Crippen LogP contribution in [0, 0.1) is 20.8 Å². The Labute approximate surface area is 201 Å². The summed E-state index contributed by atoms with van der Waals surface area (Å²) in [7, 11) is -0.881. The summed E-state index contributed by atoms with van der Waals surface area (Å²) >= 11 is 0. The Kier molecular flexibility index (Phi) is 7.83. The van der Waals surface area contributed by atoms with E-state index in [0.29, 0.717) is 17.2 Å². The van der Waals surface area contributed by atoms with Gasteiger partial charge in [0.25, 0.3) is 10.0 Å². The number of sulfonamides is 1. The molecule has 180 valence electrons. The van der Waals surface area contributed by atoms with Crippen LogP contribution in [-0.2, 0) is 21.4 Å². The summed E-state index contributed by atoms with van der Waals surface area (Å²) < 4.78 is 38.9. The molecule has 0 bridgehead atoms. The van der Waals surface area contributed by atoms with E-state index in [4.69, 9.17) is 9.47 Å². The van der Waals surface area contributed by atoms with Gasteiger partial charge in [-0.05, 0) is 67.8 Å². The molecule has 0 aliphatic heterocycles. The molecule has 0 unspecified atom stereocenters. The van der Waals surface area contributed by atoms with Crippen molar-refractivity contribution in [3.05, 3.63) is 82.9 Å². The van der Waals surface area contributed by atoms with Crippen LogP contribution in [0.15, 0.2) is 65.6 Å². The summed E-state index contributed by atoms with van der Waals surface area (Å²) in [5.74, 6) is 0.711. The number of nitrogens with one attached hydrogen (secondary N) is 1. The van der Waals surface area contributed by atoms with Gasteiger partial charge in [0.05, 0.1) is 24.8 Å². The second kappa shape index (κ2) is 10.6. The standard InChI is InChI=1S/C26H30N2O5S/c1-18-9-12-22(13-10-18)34(30,31)28(23-8-6-7-19(2)20(23)3)17-26(29)27-16-21-11-14-24(32-4)25(15-21)33-5/h6-15H,16-17H2,1-5H3,(H,27,29). The Morgan fingerprint density at radius 3 is 2.24 bits per heavy atom. The molecular formula is C26H30N2O5S. The van der Waals surface area contributed by atoms with Crippen molar-refractivity contribution in [3.63, 3.8) is 0 Å². The molecule has 3 aromatic carbocycles. The van der Waals surface area contributed by atoms with Crippen molar-refractivity contribution in [2.75, 3.05) is 25.1 Å².